The first-order valence-corrected chi connectivity index (χ1v) is 6.10. The molecular weight excluding hydrogens is 272 g/mol. The van der Waals surface area contributed by atoms with Crippen LogP contribution in [0.2, 0.25) is 0 Å². The van der Waals surface area contributed by atoms with Gasteiger partial charge in [0, 0.05) is 17.2 Å². The highest BCUT2D eigenvalue weighted by Crippen LogP contribution is 2.41. The average Bonchev–Trinajstić information content (AvgIpc) is 2.76. The second-order valence-electron chi connectivity index (χ2n) is 4.48. The van der Waals surface area contributed by atoms with Crippen molar-refractivity contribution in [2.45, 2.75) is 5.60 Å². The van der Waals surface area contributed by atoms with E-state index >= 15 is 0 Å². The Balaban J connectivity index is 0.00000147. The summed E-state index contributed by atoms with van der Waals surface area (Å²) in [5.74, 6) is 0.0882. The van der Waals surface area contributed by atoms with Crippen LogP contribution in [0.1, 0.15) is 11.1 Å². The Morgan fingerprint density at radius 1 is 0.850 bits per heavy atom. The van der Waals surface area contributed by atoms with Crippen LogP contribution in [0.25, 0.3) is 0 Å². The van der Waals surface area contributed by atoms with Gasteiger partial charge in [0.15, 0.2) is 0 Å². The molecule has 102 valence electrons. The van der Waals surface area contributed by atoms with Gasteiger partial charge < -0.3 is 10.5 Å². The highest BCUT2D eigenvalue weighted by Gasteiger charge is 2.44. The van der Waals surface area contributed by atoms with E-state index in [4.69, 9.17) is 15.9 Å². The predicted octanol–water partition coefficient (Wildman–Crippen LogP) is 3.20. The van der Waals surface area contributed by atoms with Gasteiger partial charge in [-0.3, -0.25) is 5.41 Å². The Bertz CT molecular complexity index is 599. The van der Waals surface area contributed by atoms with Crippen LogP contribution in [-0.2, 0) is 10.3 Å². The lowest BCUT2D eigenvalue weighted by atomic mass is 9.84. The Kier molecular flexibility index (Phi) is 3.81. The van der Waals surface area contributed by atoms with Crippen molar-refractivity contribution in [3.8, 4) is 0 Å². The molecule has 3 N–H and O–H groups in total. The molecule has 0 atom stereocenters. The molecule has 0 unspecified atom stereocenters. The molecule has 0 fully saturated rings. The molecule has 3 rings (SSSR count). The standard InChI is InChI=1S/C16H14N2O.ClH/c17-14-11-15(18)19-16(14,12-7-3-1-4-8-12)13-9-5-2-6-10-13;/h1-11,18H,17H2;1H. The molecule has 1 aliphatic heterocycles. The number of ether oxygens (including phenoxy) is 1. The van der Waals surface area contributed by atoms with Crippen molar-refractivity contribution in [2.24, 2.45) is 5.73 Å². The molecule has 0 aliphatic carbocycles. The first-order chi connectivity index (χ1) is 9.23. The van der Waals surface area contributed by atoms with E-state index in [2.05, 4.69) is 0 Å². The minimum absolute atomic E-state index is 0. The molecule has 0 bridgehead atoms. The highest BCUT2D eigenvalue weighted by atomic mass is 35.5. The summed E-state index contributed by atoms with van der Waals surface area (Å²) in [7, 11) is 0. The topological polar surface area (TPSA) is 59.1 Å². The van der Waals surface area contributed by atoms with Crippen LogP contribution in [0.15, 0.2) is 72.4 Å². The smallest absolute Gasteiger partial charge is 0.209 e. The molecule has 3 nitrogen and oxygen atoms in total. The first kappa shape index (κ1) is 14.2. The summed E-state index contributed by atoms with van der Waals surface area (Å²) >= 11 is 0. The van der Waals surface area contributed by atoms with Gasteiger partial charge >= 0.3 is 0 Å². The highest BCUT2D eigenvalue weighted by molar-refractivity contribution is 5.90. The lowest BCUT2D eigenvalue weighted by molar-refractivity contribution is 0.149. The van der Waals surface area contributed by atoms with Crippen LogP contribution in [0.3, 0.4) is 0 Å². The van der Waals surface area contributed by atoms with Gasteiger partial charge in [-0.15, -0.1) is 12.4 Å². The van der Waals surface area contributed by atoms with E-state index in [9.17, 15) is 0 Å². The molecule has 0 saturated heterocycles. The predicted molar refractivity (Wildman–Crippen MR) is 82.0 cm³/mol. The molecule has 1 heterocycles. The molecule has 0 spiro atoms. The maximum Gasteiger partial charge on any atom is 0.209 e. The molecule has 0 radical (unpaired) electrons. The van der Waals surface area contributed by atoms with Crippen LogP contribution >= 0.6 is 12.4 Å². The largest absolute Gasteiger partial charge is 0.455 e. The number of benzene rings is 2. The summed E-state index contributed by atoms with van der Waals surface area (Å²) in [5.41, 5.74) is 7.68. The molecular formula is C16H15ClN2O. The van der Waals surface area contributed by atoms with Gasteiger partial charge in [-0.25, -0.2) is 0 Å². The van der Waals surface area contributed by atoms with Crippen molar-refractivity contribution in [3.63, 3.8) is 0 Å². The Labute approximate surface area is 124 Å². The van der Waals surface area contributed by atoms with Crippen molar-refractivity contribution in [2.75, 3.05) is 0 Å². The molecule has 2 aromatic rings. The fourth-order valence-electron chi connectivity index (χ4n) is 2.46. The van der Waals surface area contributed by atoms with Gasteiger partial charge in [0.25, 0.3) is 0 Å². The third-order valence-corrected chi connectivity index (χ3v) is 3.32. The number of hydrogen-bond acceptors (Lipinski definition) is 3. The summed E-state index contributed by atoms with van der Waals surface area (Å²) in [6, 6.07) is 19.5. The van der Waals surface area contributed by atoms with E-state index in [0.717, 1.165) is 11.1 Å². The summed E-state index contributed by atoms with van der Waals surface area (Å²) in [5, 5.41) is 7.75. The van der Waals surface area contributed by atoms with Crippen LogP contribution in [0.5, 0.6) is 0 Å². The molecule has 0 amide bonds. The average molecular weight is 287 g/mol. The zero-order chi connectivity index (χ0) is 13.3. The second kappa shape index (κ2) is 5.39. The fourth-order valence-corrected chi connectivity index (χ4v) is 2.46. The van der Waals surface area contributed by atoms with Gasteiger partial charge in [0.05, 0.1) is 5.70 Å². The third kappa shape index (κ3) is 2.06. The van der Waals surface area contributed by atoms with Crippen molar-refractivity contribution < 1.29 is 4.74 Å². The maximum absolute atomic E-state index is 7.75. The van der Waals surface area contributed by atoms with Crippen molar-refractivity contribution >= 4 is 18.3 Å². The van der Waals surface area contributed by atoms with Crippen LogP contribution in [0, 0.1) is 5.41 Å². The van der Waals surface area contributed by atoms with Crippen LogP contribution < -0.4 is 5.73 Å². The third-order valence-electron chi connectivity index (χ3n) is 3.32. The van der Waals surface area contributed by atoms with Gasteiger partial charge in [-0.05, 0) is 0 Å². The van der Waals surface area contributed by atoms with Gasteiger partial charge in [0.1, 0.15) is 0 Å². The lowest BCUT2D eigenvalue weighted by Crippen LogP contribution is -2.34. The fraction of sp³-hybridized carbons (Fsp3) is 0.0625. The Hall–Kier alpha value is -2.26. The molecule has 20 heavy (non-hydrogen) atoms. The normalized spacial score (nSPS) is 16.0. The summed E-state index contributed by atoms with van der Waals surface area (Å²) in [6.07, 6.45) is 1.57. The quantitative estimate of drug-likeness (QED) is 0.890. The summed E-state index contributed by atoms with van der Waals surface area (Å²) in [6.45, 7) is 0. The molecule has 0 aromatic heterocycles. The van der Waals surface area contributed by atoms with Gasteiger partial charge in [-0.2, -0.15) is 0 Å². The monoisotopic (exact) mass is 286 g/mol. The number of halogens is 1. The van der Waals surface area contributed by atoms with Crippen LogP contribution in [-0.4, -0.2) is 5.90 Å². The summed E-state index contributed by atoms with van der Waals surface area (Å²) in [4.78, 5) is 0. The van der Waals surface area contributed by atoms with Crippen molar-refractivity contribution in [3.05, 3.63) is 83.6 Å². The zero-order valence-electron chi connectivity index (χ0n) is 10.7. The molecule has 0 saturated carbocycles. The van der Waals surface area contributed by atoms with Crippen molar-refractivity contribution in [1.82, 2.24) is 0 Å². The van der Waals surface area contributed by atoms with E-state index in [0.29, 0.717) is 5.70 Å². The SMILES string of the molecule is Cl.N=C1C=C(N)C(c2ccccc2)(c2ccccc2)O1. The second-order valence-corrected chi connectivity index (χ2v) is 4.48. The lowest BCUT2D eigenvalue weighted by Gasteiger charge is -2.31. The van der Waals surface area contributed by atoms with Crippen molar-refractivity contribution in [1.29, 1.82) is 5.41 Å². The summed E-state index contributed by atoms with van der Waals surface area (Å²) < 4.78 is 5.80. The zero-order valence-corrected chi connectivity index (χ0v) is 11.6. The van der Waals surface area contributed by atoms with E-state index in [1.54, 1.807) is 6.08 Å². The number of nitrogens with one attached hydrogen (secondary N) is 1. The van der Waals surface area contributed by atoms with E-state index in [-0.39, 0.29) is 18.3 Å². The van der Waals surface area contributed by atoms with Gasteiger partial charge in [0.2, 0.25) is 11.5 Å². The minimum Gasteiger partial charge on any atom is -0.455 e. The minimum atomic E-state index is -0.875. The number of nitrogens with two attached hydrogens (primary N) is 1. The molecule has 2 aromatic carbocycles. The maximum atomic E-state index is 7.75. The molecule has 1 aliphatic rings. The van der Waals surface area contributed by atoms with E-state index in [1.807, 2.05) is 60.7 Å². The molecule has 4 heteroatoms. The number of hydrogen-bond donors (Lipinski definition) is 2. The Morgan fingerprint density at radius 3 is 1.65 bits per heavy atom. The Morgan fingerprint density at radius 2 is 1.30 bits per heavy atom. The van der Waals surface area contributed by atoms with E-state index in [1.165, 1.54) is 0 Å². The first-order valence-electron chi connectivity index (χ1n) is 6.10. The van der Waals surface area contributed by atoms with Gasteiger partial charge in [-0.1, -0.05) is 60.7 Å². The van der Waals surface area contributed by atoms with E-state index < -0.39 is 5.60 Å². The number of rotatable bonds is 2. The van der Waals surface area contributed by atoms with Crippen LogP contribution in [0.4, 0.5) is 0 Å².